The first-order valence-corrected chi connectivity index (χ1v) is 6.08. The van der Waals surface area contributed by atoms with Crippen molar-refractivity contribution in [2.45, 2.75) is 27.7 Å². The normalized spacial score (nSPS) is 10.6. The first kappa shape index (κ1) is 13.9. The number of aromatic carboxylic acids is 1. The van der Waals surface area contributed by atoms with Crippen LogP contribution < -0.4 is 5.32 Å². The van der Waals surface area contributed by atoms with Crippen molar-refractivity contribution in [3.8, 4) is 0 Å². The molecule has 0 radical (unpaired) electrons. The maximum absolute atomic E-state index is 12.3. The Labute approximate surface area is 115 Å². The van der Waals surface area contributed by atoms with Crippen LogP contribution in [0.15, 0.2) is 0 Å². The number of carboxylic acid groups (broad SMARTS) is 1. The molecule has 4 N–H and O–H groups in total. The Balaban J connectivity index is 2.38. The molecule has 0 aromatic carbocycles. The zero-order valence-electron chi connectivity index (χ0n) is 11.7. The number of anilines is 1. The minimum atomic E-state index is -1.08. The maximum atomic E-state index is 12.3. The molecule has 0 atom stereocenters. The van der Waals surface area contributed by atoms with Gasteiger partial charge >= 0.3 is 5.97 Å². The second kappa shape index (κ2) is 4.84. The van der Waals surface area contributed by atoms with Crippen molar-refractivity contribution in [1.29, 1.82) is 0 Å². The summed E-state index contributed by atoms with van der Waals surface area (Å²) >= 11 is 0. The minimum Gasteiger partial charge on any atom is -0.477 e. The average Bonchev–Trinajstić information content (AvgIpc) is 2.83. The van der Waals surface area contributed by atoms with Crippen LogP contribution in [0.1, 0.15) is 43.5 Å². The molecular weight excluding hydrogens is 260 g/mol. The van der Waals surface area contributed by atoms with Crippen LogP contribution >= 0.6 is 0 Å². The molecule has 7 heteroatoms. The van der Waals surface area contributed by atoms with Gasteiger partial charge in [0.2, 0.25) is 0 Å². The largest absolute Gasteiger partial charge is 0.477 e. The van der Waals surface area contributed by atoms with Gasteiger partial charge in [0.05, 0.1) is 22.6 Å². The van der Waals surface area contributed by atoms with Gasteiger partial charge in [0.1, 0.15) is 5.69 Å². The SMILES string of the molecule is Cc1n[nH]c(C)c1NC(=O)c1c(C)[nH]c(C(=O)O)c1C. The lowest BCUT2D eigenvalue weighted by Crippen LogP contribution is -2.15. The summed E-state index contributed by atoms with van der Waals surface area (Å²) in [6.07, 6.45) is 0. The van der Waals surface area contributed by atoms with Gasteiger partial charge in [0.25, 0.3) is 5.91 Å². The third-order valence-electron chi connectivity index (χ3n) is 3.25. The van der Waals surface area contributed by atoms with Crippen LogP contribution in [0.25, 0.3) is 0 Å². The standard InChI is InChI=1S/C13H16N4O3/c1-5-9(6(2)14-10(5)13(19)20)12(18)15-11-7(3)16-17-8(11)4/h14H,1-4H3,(H,15,18)(H,16,17)(H,19,20). The molecular formula is C13H16N4O3. The molecule has 7 nitrogen and oxygen atoms in total. The highest BCUT2D eigenvalue weighted by molar-refractivity contribution is 6.08. The fraction of sp³-hybridized carbons (Fsp3) is 0.308. The summed E-state index contributed by atoms with van der Waals surface area (Å²) < 4.78 is 0. The number of amides is 1. The van der Waals surface area contributed by atoms with Gasteiger partial charge in [-0.1, -0.05) is 0 Å². The number of H-pyrrole nitrogens is 2. The maximum Gasteiger partial charge on any atom is 0.352 e. The predicted molar refractivity (Wildman–Crippen MR) is 73.2 cm³/mol. The van der Waals surface area contributed by atoms with Crippen LogP contribution in [0.4, 0.5) is 5.69 Å². The quantitative estimate of drug-likeness (QED) is 0.686. The molecule has 0 saturated carbocycles. The van der Waals surface area contributed by atoms with Crippen molar-refractivity contribution in [3.63, 3.8) is 0 Å². The Bertz CT molecular complexity index is 677. The zero-order chi connectivity index (χ0) is 15.0. The topological polar surface area (TPSA) is 111 Å². The lowest BCUT2D eigenvalue weighted by Gasteiger charge is -2.06. The van der Waals surface area contributed by atoms with E-state index in [-0.39, 0.29) is 11.6 Å². The van der Waals surface area contributed by atoms with Gasteiger partial charge in [-0.05, 0) is 33.3 Å². The summed E-state index contributed by atoms with van der Waals surface area (Å²) in [4.78, 5) is 26.1. The van der Waals surface area contributed by atoms with Crippen molar-refractivity contribution < 1.29 is 14.7 Å². The molecule has 2 aromatic rings. The van der Waals surface area contributed by atoms with E-state index in [1.54, 1.807) is 27.7 Å². The van der Waals surface area contributed by atoms with Crippen molar-refractivity contribution in [2.24, 2.45) is 0 Å². The molecule has 2 heterocycles. The van der Waals surface area contributed by atoms with Crippen molar-refractivity contribution >= 4 is 17.6 Å². The Kier molecular flexibility index (Phi) is 3.35. The average molecular weight is 276 g/mol. The highest BCUT2D eigenvalue weighted by Crippen LogP contribution is 2.22. The van der Waals surface area contributed by atoms with Gasteiger partial charge in [0.15, 0.2) is 0 Å². The van der Waals surface area contributed by atoms with Crippen LogP contribution in [0.2, 0.25) is 0 Å². The Morgan fingerprint density at radius 2 is 1.80 bits per heavy atom. The van der Waals surface area contributed by atoms with Crippen LogP contribution in [-0.2, 0) is 0 Å². The number of nitrogens with one attached hydrogen (secondary N) is 3. The van der Waals surface area contributed by atoms with Crippen LogP contribution in [-0.4, -0.2) is 32.2 Å². The summed E-state index contributed by atoms with van der Waals surface area (Å²) in [7, 11) is 0. The Morgan fingerprint density at radius 3 is 2.25 bits per heavy atom. The zero-order valence-corrected chi connectivity index (χ0v) is 11.7. The van der Waals surface area contributed by atoms with Gasteiger partial charge < -0.3 is 15.4 Å². The van der Waals surface area contributed by atoms with Crippen LogP contribution in [0.5, 0.6) is 0 Å². The molecule has 0 unspecified atom stereocenters. The summed E-state index contributed by atoms with van der Waals surface area (Å²) in [6.45, 7) is 6.86. The molecule has 106 valence electrons. The number of hydrogen-bond donors (Lipinski definition) is 4. The Hall–Kier alpha value is -2.57. The van der Waals surface area contributed by atoms with E-state index in [1.165, 1.54) is 0 Å². The first-order valence-electron chi connectivity index (χ1n) is 6.08. The van der Waals surface area contributed by atoms with Gasteiger partial charge in [-0.3, -0.25) is 9.89 Å². The van der Waals surface area contributed by atoms with E-state index in [2.05, 4.69) is 20.5 Å². The number of carboxylic acids is 1. The number of aromatic amines is 2. The van der Waals surface area contributed by atoms with E-state index in [4.69, 9.17) is 5.11 Å². The molecule has 0 bridgehead atoms. The fourth-order valence-electron chi connectivity index (χ4n) is 2.22. The molecule has 1 amide bonds. The fourth-order valence-corrected chi connectivity index (χ4v) is 2.22. The highest BCUT2D eigenvalue weighted by Gasteiger charge is 2.22. The lowest BCUT2D eigenvalue weighted by molar-refractivity contribution is 0.0690. The molecule has 0 spiro atoms. The molecule has 0 aliphatic rings. The number of aryl methyl sites for hydroxylation is 3. The third kappa shape index (κ3) is 2.18. The molecule has 2 aromatic heterocycles. The molecule has 0 aliphatic carbocycles. The number of aromatic nitrogens is 3. The van der Waals surface area contributed by atoms with E-state index >= 15 is 0 Å². The summed E-state index contributed by atoms with van der Waals surface area (Å²) in [5.74, 6) is -1.43. The number of carbonyl (C=O) groups is 2. The van der Waals surface area contributed by atoms with Crippen molar-refractivity contribution in [2.75, 3.05) is 5.32 Å². The molecule has 0 fully saturated rings. The third-order valence-corrected chi connectivity index (χ3v) is 3.25. The van der Waals surface area contributed by atoms with Gasteiger partial charge in [-0.25, -0.2) is 4.79 Å². The van der Waals surface area contributed by atoms with Crippen LogP contribution in [0.3, 0.4) is 0 Å². The lowest BCUT2D eigenvalue weighted by atomic mass is 10.1. The minimum absolute atomic E-state index is 0.0355. The van der Waals surface area contributed by atoms with E-state index in [9.17, 15) is 9.59 Å². The van der Waals surface area contributed by atoms with E-state index in [1.807, 2.05) is 0 Å². The van der Waals surface area contributed by atoms with E-state index in [0.717, 1.165) is 5.69 Å². The van der Waals surface area contributed by atoms with Gasteiger partial charge in [-0.15, -0.1) is 0 Å². The van der Waals surface area contributed by atoms with Gasteiger partial charge in [0, 0.05) is 5.69 Å². The molecule has 2 rings (SSSR count). The summed E-state index contributed by atoms with van der Waals surface area (Å²) in [5.41, 5.74) is 3.38. The second-order valence-corrected chi connectivity index (χ2v) is 4.69. The van der Waals surface area contributed by atoms with Gasteiger partial charge in [-0.2, -0.15) is 5.10 Å². The Morgan fingerprint density at radius 1 is 1.15 bits per heavy atom. The monoisotopic (exact) mass is 276 g/mol. The summed E-state index contributed by atoms with van der Waals surface area (Å²) in [6, 6.07) is 0. The van der Waals surface area contributed by atoms with E-state index < -0.39 is 5.97 Å². The highest BCUT2D eigenvalue weighted by atomic mass is 16.4. The number of carbonyl (C=O) groups excluding carboxylic acids is 1. The van der Waals surface area contributed by atoms with E-state index in [0.29, 0.717) is 28.2 Å². The molecule has 0 saturated heterocycles. The van der Waals surface area contributed by atoms with Crippen LogP contribution in [0, 0.1) is 27.7 Å². The predicted octanol–water partition coefficient (Wildman–Crippen LogP) is 1.92. The first-order chi connectivity index (χ1) is 9.32. The smallest absolute Gasteiger partial charge is 0.352 e. The number of nitrogens with zero attached hydrogens (tertiary/aromatic N) is 1. The number of hydrogen-bond acceptors (Lipinski definition) is 3. The van der Waals surface area contributed by atoms with Crippen molar-refractivity contribution in [1.82, 2.24) is 15.2 Å². The molecule has 20 heavy (non-hydrogen) atoms. The second-order valence-electron chi connectivity index (χ2n) is 4.69. The summed E-state index contributed by atoms with van der Waals surface area (Å²) in [5, 5.41) is 18.6. The molecule has 0 aliphatic heterocycles. The number of rotatable bonds is 3. The van der Waals surface area contributed by atoms with Crippen molar-refractivity contribution in [3.05, 3.63) is 33.9 Å².